The van der Waals surface area contributed by atoms with Crippen molar-refractivity contribution in [1.82, 2.24) is 0 Å². The van der Waals surface area contributed by atoms with E-state index in [0.717, 1.165) is 19.4 Å². The second-order valence-corrected chi connectivity index (χ2v) is 4.79. The molecule has 2 rings (SSSR count). The lowest BCUT2D eigenvalue weighted by molar-refractivity contribution is -0.0220. The Labute approximate surface area is 108 Å². The highest BCUT2D eigenvalue weighted by atomic mass is 35.5. The van der Waals surface area contributed by atoms with Crippen LogP contribution in [0, 0.1) is 5.92 Å². The molecule has 1 aliphatic heterocycles. The lowest BCUT2D eigenvalue weighted by atomic mass is 9.89. The van der Waals surface area contributed by atoms with Gasteiger partial charge < -0.3 is 9.47 Å². The molecular weight excluding hydrogens is 236 g/mol. The Hall–Kier alpha value is -0.570. The maximum atomic E-state index is 6.04. The molecule has 0 radical (unpaired) electrons. The number of ether oxygens (including phenoxy) is 2. The number of benzene rings is 1. The zero-order chi connectivity index (χ0) is 12.1. The van der Waals surface area contributed by atoms with E-state index in [-0.39, 0.29) is 6.10 Å². The van der Waals surface area contributed by atoms with Gasteiger partial charge in [-0.3, -0.25) is 0 Å². The molecule has 94 valence electrons. The normalized spacial score (nSPS) is 24.8. The number of hydrogen-bond donors (Lipinski definition) is 0. The minimum atomic E-state index is 0.132. The van der Waals surface area contributed by atoms with Crippen molar-refractivity contribution in [3.05, 3.63) is 35.4 Å². The van der Waals surface area contributed by atoms with Crippen LogP contribution in [0.1, 0.15) is 30.1 Å². The summed E-state index contributed by atoms with van der Waals surface area (Å²) in [5, 5.41) is 0. The molecule has 1 saturated heterocycles. The van der Waals surface area contributed by atoms with Crippen molar-refractivity contribution in [2.75, 3.05) is 19.6 Å². The van der Waals surface area contributed by atoms with Crippen LogP contribution in [0.5, 0.6) is 0 Å². The largest absolute Gasteiger partial charge is 0.380 e. The monoisotopic (exact) mass is 254 g/mol. The van der Waals surface area contributed by atoms with Gasteiger partial charge >= 0.3 is 0 Å². The van der Waals surface area contributed by atoms with Gasteiger partial charge in [-0.1, -0.05) is 24.3 Å². The molecule has 2 unspecified atom stereocenters. The van der Waals surface area contributed by atoms with E-state index in [1.54, 1.807) is 7.11 Å². The van der Waals surface area contributed by atoms with Gasteiger partial charge in [-0.2, -0.15) is 0 Å². The molecule has 1 aliphatic rings. The number of hydrogen-bond acceptors (Lipinski definition) is 2. The topological polar surface area (TPSA) is 18.5 Å². The average molecular weight is 255 g/mol. The summed E-state index contributed by atoms with van der Waals surface area (Å²) in [4.78, 5) is 0. The SMILES string of the molecule is COCc1ccccc1C1OCCCC1CCl. The van der Waals surface area contributed by atoms with Crippen molar-refractivity contribution in [3.8, 4) is 0 Å². The Morgan fingerprint density at radius 3 is 3.00 bits per heavy atom. The van der Waals surface area contributed by atoms with Gasteiger partial charge in [-0.15, -0.1) is 11.6 Å². The number of halogens is 1. The van der Waals surface area contributed by atoms with Crippen molar-refractivity contribution < 1.29 is 9.47 Å². The van der Waals surface area contributed by atoms with Crippen LogP contribution in [-0.2, 0) is 16.1 Å². The van der Waals surface area contributed by atoms with E-state index in [4.69, 9.17) is 21.1 Å². The molecule has 0 amide bonds. The quantitative estimate of drug-likeness (QED) is 0.766. The third-order valence-electron chi connectivity index (χ3n) is 3.30. The van der Waals surface area contributed by atoms with E-state index in [2.05, 4.69) is 18.2 Å². The highest BCUT2D eigenvalue weighted by Crippen LogP contribution is 2.36. The van der Waals surface area contributed by atoms with E-state index in [1.165, 1.54) is 11.1 Å². The molecular formula is C14H19ClO2. The third kappa shape index (κ3) is 3.01. The highest BCUT2D eigenvalue weighted by molar-refractivity contribution is 6.18. The van der Waals surface area contributed by atoms with Gasteiger partial charge in [0.2, 0.25) is 0 Å². The van der Waals surface area contributed by atoms with Gasteiger partial charge in [0.25, 0.3) is 0 Å². The van der Waals surface area contributed by atoms with Crippen LogP contribution in [0.3, 0.4) is 0 Å². The van der Waals surface area contributed by atoms with E-state index < -0.39 is 0 Å². The molecule has 1 fully saturated rings. The molecule has 0 N–H and O–H groups in total. The molecule has 2 nitrogen and oxygen atoms in total. The fourth-order valence-corrected chi connectivity index (χ4v) is 2.76. The Morgan fingerprint density at radius 2 is 2.24 bits per heavy atom. The Kier molecular flexibility index (Phi) is 4.84. The predicted molar refractivity (Wildman–Crippen MR) is 69.3 cm³/mol. The fraction of sp³-hybridized carbons (Fsp3) is 0.571. The van der Waals surface area contributed by atoms with Crippen molar-refractivity contribution >= 4 is 11.6 Å². The molecule has 0 spiro atoms. The van der Waals surface area contributed by atoms with Crippen LogP contribution in [0.4, 0.5) is 0 Å². The van der Waals surface area contributed by atoms with E-state index in [1.807, 2.05) is 6.07 Å². The van der Waals surface area contributed by atoms with Crippen molar-refractivity contribution in [2.24, 2.45) is 5.92 Å². The summed E-state index contributed by atoms with van der Waals surface area (Å²) in [6, 6.07) is 8.32. The lowest BCUT2D eigenvalue weighted by Gasteiger charge is -2.32. The van der Waals surface area contributed by atoms with Crippen LogP contribution >= 0.6 is 11.6 Å². The van der Waals surface area contributed by atoms with E-state index in [9.17, 15) is 0 Å². The zero-order valence-corrected chi connectivity index (χ0v) is 11.0. The van der Waals surface area contributed by atoms with Gasteiger partial charge in [0, 0.05) is 25.5 Å². The number of methoxy groups -OCH3 is 1. The zero-order valence-electron chi connectivity index (χ0n) is 10.2. The molecule has 1 aromatic carbocycles. The summed E-state index contributed by atoms with van der Waals surface area (Å²) in [6.45, 7) is 1.46. The Morgan fingerprint density at radius 1 is 1.41 bits per heavy atom. The van der Waals surface area contributed by atoms with Crippen LogP contribution in [0.2, 0.25) is 0 Å². The first kappa shape index (κ1) is 12.9. The molecule has 0 saturated carbocycles. The molecule has 1 heterocycles. The van der Waals surface area contributed by atoms with E-state index in [0.29, 0.717) is 18.4 Å². The predicted octanol–water partition coefficient (Wildman–Crippen LogP) is 3.54. The second kappa shape index (κ2) is 6.39. The van der Waals surface area contributed by atoms with Gasteiger partial charge in [-0.25, -0.2) is 0 Å². The number of rotatable bonds is 4. The molecule has 1 aromatic rings. The molecule has 0 bridgehead atoms. The minimum absolute atomic E-state index is 0.132. The Bertz CT molecular complexity index is 354. The first-order chi connectivity index (χ1) is 8.36. The van der Waals surface area contributed by atoms with E-state index >= 15 is 0 Å². The van der Waals surface area contributed by atoms with Crippen molar-refractivity contribution in [1.29, 1.82) is 0 Å². The Balaban J connectivity index is 2.24. The van der Waals surface area contributed by atoms with Crippen LogP contribution in [0.15, 0.2) is 24.3 Å². The first-order valence-electron chi connectivity index (χ1n) is 6.11. The summed E-state index contributed by atoms with van der Waals surface area (Å²) < 4.78 is 11.2. The van der Waals surface area contributed by atoms with Gasteiger partial charge in [-0.05, 0) is 24.0 Å². The molecule has 2 atom stereocenters. The van der Waals surface area contributed by atoms with Gasteiger partial charge in [0.15, 0.2) is 0 Å². The standard InChI is InChI=1S/C14H19ClO2/c1-16-10-12-5-2-3-7-13(12)14-11(9-15)6-4-8-17-14/h2-3,5,7,11,14H,4,6,8-10H2,1H3. The smallest absolute Gasteiger partial charge is 0.0867 e. The molecule has 0 aromatic heterocycles. The summed E-state index contributed by atoms with van der Waals surface area (Å²) in [5.41, 5.74) is 2.44. The van der Waals surface area contributed by atoms with Gasteiger partial charge in [0.1, 0.15) is 0 Å². The molecule has 3 heteroatoms. The van der Waals surface area contributed by atoms with Crippen molar-refractivity contribution in [3.63, 3.8) is 0 Å². The molecule has 17 heavy (non-hydrogen) atoms. The maximum absolute atomic E-state index is 6.04. The summed E-state index contributed by atoms with van der Waals surface area (Å²) in [5.74, 6) is 1.08. The van der Waals surface area contributed by atoms with Crippen molar-refractivity contribution in [2.45, 2.75) is 25.6 Å². The van der Waals surface area contributed by atoms with Crippen LogP contribution in [0.25, 0.3) is 0 Å². The van der Waals surface area contributed by atoms with Crippen LogP contribution < -0.4 is 0 Å². The highest BCUT2D eigenvalue weighted by Gasteiger charge is 2.28. The number of alkyl halides is 1. The maximum Gasteiger partial charge on any atom is 0.0867 e. The lowest BCUT2D eigenvalue weighted by Crippen LogP contribution is -2.24. The summed E-state index contributed by atoms with van der Waals surface area (Å²) in [6.07, 6.45) is 2.39. The fourth-order valence-electron chi connectivity index (χ4n) is 2.44. The summed E-state index contributed by atoms with van der Waals surface area (Å²) >= 11 is 6.04. The average Bonchev–Trinajstić information content (AvgIpc) is 2.40. The second-order valence-electron chi connectivity index (χ2n) is 4.48. The summed E-state index contributed by atoms with van der Waals surface area (Å²) in [7, 11) is 1.72. The first-order valence-corrected chi connectivity index (χ1v) is 6.64. The van der Waals surface area contributed by atoms with Gasteiger partial charge in [0.05, 0.1) is 12.7 Å². The molecule has 0 aliphatic carbocycles. The minimum Gasteiger partial charge on any atom is -0.380 e. The third-order valence-corrected chi connectivity index (χ3v) is 3.70. The van der Waals surface area contributed by atoms with Crippen LogP contribution in [-0.4, -0.2) is 19.6 Å².